The monoisotopic (exact) mass is 323 g/mol. The summed E-state index contributed by atoms with van der Waals surface area (Å²) in [4.78, 5) is -0.720. The molecule has 0 spiro atoms. The summed E-state index contributed by atoms with van der Waals surface area (Å²) in [6, 6.07) is 1.15. The molecule has 2 N–H and O–H groups in total. The van der Waals surface area contributed by atoms with E-state index in [-0.39, 0.29) is 13.2 Å². The van der Waals surface area contributed by atoms with E-state index in [1.165, 1.54) is 0 Å². The van der Waals surface area contributed by atoms with E-state index in [1.54, 1.807) is 0 Å². The molecule has 0 aliphatic rings. The van der Waals surface area contributed by atoms with Gasteiger partial charge >= 0.3 is 0 Å². The van der Waals surface area contributed by atoms with E-state index < -0.39 is 32.3 Å². The predicted octanol–water partition coefficient (Wildman–Crippen LogP) is 2.05. The van der Waals surface area contributed by atoms with Gasteiger partial charge in [-0.1, -0.05) is 13.8 Å². The lowest BCUT2D eigenvalue weighted by Crippen LogP contribution is -2.17. The van der Waals surface area contributed by atoms with Gasteiger partial charge in [0.2, 0.25) is 10.0 Å². The van der Waals surface area contributed by atoms with Crippen molar-refractivity contribution in [1.29, 1.82) is 0 Å². The lowest BCUT2D eigenvalue weighted by atomic mass is 10.1. The molecule has 0 saturated carbocycles. The molecular formula is C13H19F2NO4S. The first-order valence-electron chi connectivity index (χ1n) is 6.44. The van der Waals surface area contributed by atoms with E-state index in [0.29, 0.717) is 24.7 Å². The van der Waals surface area contributed by atoms with Gasteiger partial charge in [-0.25, -0.2) is 22.3 Å². The normalized spacial score (nSPS) is 11.9. The summed E-state index contributed by atoms with van der Waals surface area (Å²) in [7, 11) is -4.28. The highest BCUT2D eigenvalue weighted by atomic mass is 32.2. The fourth-order valence-corrected chi connectivity index (χ4v) is 2.20. The zero-order valence-corrected chi connectivity index (χ0v) is 12.8. The van der Waals surface area contributed by atoms with Crippen LogP contribution in [0.5, 0.6) is 5.75 Å². The average molecular weight is 323 g/mol. The molecule has 0 bridgehead atoms. The molecular weight excluding hydrogens is 304 g/mol. The van der Waals surface area contributed by atoms with Crippen molar-refractivity contribution in [2.75, 3.05) is 19.8 Å². The van der Waals surface area contributed by atoms with Crippen LogP contribution in [-0.4, -0.2) is 28.2 Å². The summed E-state index contributed by atoms with van der Waals surface area (Å²) in [6.07, 6.45) is 0.868. The van der Waals surface area contributed by atoms with Crippen LogP contribution < -0.4 is 9.88 Å². The molecule has 0 aromatic heterocycles. The Hall–Kier alpha value is -1.25. The van der Waals surface area contributed by atoms with Crippen LogP contribution in [-0.2, 0) is 14.8 Å². The molecule has 1 aromatic rings. The van der Waals surface area contributed by atoms with Crippen molar-refractivity contribution < 1.29 is 26.7 Å². The van der Waals surface area contributed by atoms with Crippen molar-refractivity contribution >= 4 is 10.0 Å². The maximum atomic E-state index is 13.6. The quantitative estimate of drug-likeness (QED) is 0.743. The summed E-state index contributed by atoms with van der Waals surface area (Å²) >= 11 is 0. The van der Waals surface area contributed by atoms with Gasteiger partial charge in [0.05, 0.1) is 6.61 Å². The number of sulfonamides is 1. The van der Waals surface area contributed by atoms with Gasteiger partial charge in [0.1, 0.15) is 17.3 Å². The van der Waals surface area contributed by atoms with Gasteiger partial charge in [-0.15, -0.1) is 0 Å². The molecule has 0 heterocycles. The Bertz CT molecular complexity index is 576. The summed E-state index contributed by atoms with van der Waals surface area (Å²) in [6.45, 7) is 4.71. The second-order valence-electron chi connectivity index (χ2n) is 4.90. The molecule has 8 heteroatoms. The largest absolute Gasteiger partial charge is 0.487 e. The van der Waals surface area contributed by atoms with E-state index >= 15 is 0 Å². The first-order chi connectivity index (χ1) is 9.71. The third-order valence-corrected chi connectivity index (χ3v) is 3.51. The molecule has 5 nitrogen and oxygen atoms in total. The van der Waals surface area contributed by atoms with Crippen LogP contribution in [0.4, 0.5) is 8.78 Å². The second-order valence-corrected chi connectivity index (χ2v) is 6.43. The second kappa shape index (κ2) is 7.67. The minimum atomic E-state index is -4.28. The van der Waals surface area contributed by atoms with Crippen molar-refractivity contribution in [2.45, 2.75) is 25.2 Å². The van der Waals surface area contributed by atoms with Gasteiger partial charge in [0, 0.05) is 12.7 Å². The zero-order valence-electron chi connectivity index (χ0n) is 11.9. The SMILES string of the molecule is CC(C)CCOCCOc1c(F)cc(F)cc1S(N)(=O)=O. The predicted molar refractivity (Wildman–Crippen MR) is 73.5 cm³/mol. The van der Waals surface area contributed by atoms with E-state index in [9.17, 15) is 17.2 Å². The Morgan fingerprint density at radius 3 is 2.43 bits per heavy atom. The van der Waals surface area contributed by atoms with E-state index in [1.807, 2.05) is 13.8 Å². The topological polar surface area (TPSA) is 78.6 Å². The number of halogens is 2. The molecule has 0 saturated heterocycles. The van der Waals surface area contributed by atoms with Crippen LogP contribution >= 0.6 is 0 Å². The smallest absolute Gasteiger partial charge is 0.241 e. The van der Waals surface area contributed by atoms with E-state index in [0.717, 1.165) is 6.42 Å². The Morgan fingerprint density at radius 1 is 1.19 bits per heavy atom. The Labute approximate surface area is 123 Å². The number of hydrogen-bond donors (Lipinski definition) is 1. The van der Waals surface area contributed by atoms with Crippen molar-refractivity contribution in [3.05, 3.63) is 23.8 Å². The number of benzene rings is 1. The maximum Gasteiger partial charge on any atom is 0.241 e. The number of nitrogens with two attached hydrogens (primary N) is 1. The molecule has 0 fully saturated rings. The third-order valence-electron chi connectivity index (χ3n) is 2.59. The maximum absolute atomic E-state index is 13.6. The lowest BCUT2D eigenvalue weighted by Gasteiger charge is -2.12. The molecule has 0 aliphatic heterocycles. The number of rotatable bonds is 8. The molecule has 0 amide bonds. The molecule has 1 rings (SSSR count). The highest BCUT2D eigenvalue weighted by molar-refractivity contribution is 7.89. The van der Waals surface area contributed by atoms with Crippen LogP contribution in [0.25, 0.3) is 0 Å². The summed E-state index contributed by atoms with van der Waals surface area (Å²) < 4.78 is 59.5. The summed E-state index contributed by atoms with van der Waals surface area (Å²) in [5.41, 5.74) is 0. The Morgan fingerprint density at radius 2 is 1.86 bits per heavy atom. The first-order valence-corrected chi connectivity index (χ1v) is 7.99. The third kappa shape index (κ3) is 5.94. The molecule has 0 radical (unpaired) electrons. The molecule has 0 atom stereocenters. The van der Waals surface area contributed by atoms with Crippen molar-refractivity contribution in [3.8, 4) is 5.75 Å². The van der Waals surface area contributed by atoms with Crippen LogP contribution in [0.1, 0.15) is 20.3 Å². The summed E-state index contributed by atoms with van der Waals surface area (Å²) in [5.74, 6) is -2.26. The number of hydrogen-bond acceptors (Lipinski definition) is 4. The highest BCUT2D eigenvalue weighted by Crippen LogP contribution is 2.27. The van der Waals surface area contributed by atoms with Crippen LogP contribution in [0.15, 0.2) is 17.0 Å². The van der Waals surface area contributed by atoms with Gasteiger partial charge in [0.15, 0.2) is 11.6 Å². The average Bonchev–Trinajstić information content (AvgIpc) is 2.33. The minimum absolute atomic E-state index is 0.0663. The highest BCUT2D eigenvalue weighted by Gasteiger charge is 2.21. The van der Waals surface area contributed by atoms with Crippen molar-refractivity contribution in [2.24, 2.45) is 11.1 Å². The Balaban J connectivity index is 2.67. The van der Waals surface area contributed by atoms with Gasteiger partial charge < -0.3 is 9.47 Å². The van der Waals surface area contributed by atoms with Crippen molar-refractivity contribution in [1.82, 2.24) is 0 Å². The molecule has 0 unspecified atom stereocenters. The van der Waals surface area contributed by atoms with Crippen molar-refractivity contribution in [3.63, 3.8) is 0 Å². The zero-order chi connectivity index (χ0) is 16.0. The summed E-state index contributed by atoms with van der Waals surface area (Å²) in [5, 5.41) is 4.91. The Kier molecular flexibility index (Phi) is 6.50. The molecule has 0 aliphatic carbocycles. The van der Waals surface area contributed by atoms with Crippen LogP contribution in [0.2, 0.25) is 0 Å². The van der Waals surface area contributed by atoms with Gasteiger partial charge in [0.25, 0.3) is 0 Å². The fraction of sp³-hybridized carbons (Fsp3) is 0.538. The molecule has 21 heavy (non-hydrogen) atoms. The fourth-order valence-electron chi connectivity index (χ4n) is 1.51. The standard InChI is InChI=1S/C13H19F2NO4S/c1-9(2)3-4-19-5-6-20-13-11(15)7-10(14)8-12(13)21(16,17)18/h7-9H,3-6H2,1-2H3,(H2,16,17,18). The van der Waals surface area contributed by atoms with Crippen LogP contribution in [0.3, 0.4) is 0 Å². The minimum Gasteiger partial charge on any atom is -0.487 e. The van der Waals surface area contributed by atoms with Crippen LogP contribution in [0, 0.1) is 17.6 Å². The van der Waals surface area contributed by atoms with E-state index in [2.05, 4.69) is 0 Å². The van der Waals surface area contributed by atoms with Gasteiger partial charge in [-0.3, -0.25) is 0 Å². The lowest BCUT2D eigenvalue weighted by molar-refractivity contribution is 0.0902. The van der Waals surface area contributed by atoms with E-state index in [4.69, 9.17) is 14.6 Å². The van der Waals surface area contributed by atoms with Gasteiger partial charge in [-0.2, -0.15) is 0 Å². The van der Waals surface area contributed by atoms with Gasteiger partial charge in [-0.05, 0) is 18.4 Å². The number of primary sulfonamides is 1. The molecule has 120 valence electrons. The molecule has 1 aromatic carbocycles. The first kappa shape index (κ1) is 17.8. The number of ether oxygens (including phenoxy) is 2.